The maximum atomic E-state index is 11.6. The molecule has 1 aromatic carbocycles. The summed E-state index contributed by atoms with van der Waals surface area (Å²) in [5.74, 6) is 0. The Kier molecular flexibility index (Phi) is 6.80. The highest BCUT2D eigenvalue weighted by molar-refractivity contribution is 5.67. The smallest absolute Gasteiger partial charge is 0.407 e. The minimum atomic E-state index is -1.08. The zero-order valence-electron chi connectivity index (χ0n) is 13.2. The number of alkyl carbamates (subject to hydrolysis) is 1. The molecule has 2 atom stereocenters. The molecule has 0 fully saturated rings. The van der Waals surface area contributed by atoms with Crippen LogP contribution in [0.4, 0.5) is 4.79 Å². The number of ether oxygens (including phenoxy) is 1. The summed E-state index contributed by atoms with van der Waals surface area (Å²) in [6, 6.07) is 6.91. The number of hydrogen-bond donors (Lipinski definition) is 4. The van der Waals surface area contributed by atoms with Crippen LogP contribution in [0, 0.1) is 0 Å². The van der Waals surface area contributed by atoms with Gasteiger partial charge in [-0.3, -0.25) is 0 Å². The van der Waals surface area contributed by atoms with Gasteiger partial charge in [0.1, 0.15) is 11.7 Å². The Bertz CT molecular complexity index is 484. The summed E-state index contributed by atoms with van der Waals surface area (Å²) in [5, 5.41) is 31.1. The second-order valence-corrected chi connectivity index (χ2v) is 6.12. The average Bonchev–Trinajstić information content (AvgIpc) is 2.43. The molecule has 0 saturated heterocycles. The first kappa shape index (κ1) is 18.4. The van der Waals surface area contributed by atoms with E-state index in [0.717, 1.165) is 5.56 Å². The number of carbonyl (C=O) groups is 1. The summed E-state index contributed by atoms with van der Waals surface area (Å²) in [6.07, 6.45) is -2.52. The highest BCUT2D eigenvalue weighted by Crippen LogP contribution is 2.20. The van der Waals surface area contributed by atoms with E-state index in [4.69, 9.17) is 9.84 Å². The molecular weight excluding hydrogens is 286 g/mol. The van der Waals surface area contributed by atoms with E-state index in [1.54, 1.807) is 45.0 Å². The SMILES string of the molecule is CC(C)(C)OC(=O)NCc1cccc(C(O)C(O)CCO)c1. The number of nitrogens with one attached hydrogen (secondary N) is 1. The lowest BCUT2D eigenvalue weighted by atomic mass is 10.0. The van der Waals surface area contributed by atoms with Gasteiger partial charge in [-0.1, -0.05) is 24.3 Å². The summed E-state index contributed by atoms with van der Waals surface area (Å²) in [4.78, 5) is 11.6. The Labute approximate surface area is 130 Å². The molecule has 0 heterocycles. The predicted molar refractivity (Wildman–Crippen MR) is 82.2 cm³/mol. The molecule has 1 aromatic rings. The minimum absolute atomic E-state index is 0.0988. The van der Waals surface area contributed by atoms with Gasteiger partial charge in [0.25, 0.3) is 0 Å². The van der Waals surface area contributed by atoms with Crippen molar-refractivity contribution in [2.75, 3.05) is 6.61 Å². The molecule has 0 aliphatic heterocycles. The average molecular weight is 311 g/mol. The molecule has 0 radical (unpaired) electrons. The van der Waals surface area contributed by atoms with E-state index < -0.39 is 23.9 Å². The molecule has 0 bridgehead atoms. The van der Waals surface area contributed by atoms with E-state index >= 15 is 0 Å². The lowest BCUT2D eigenvalue weighted by Crippen LogP contribution is -2.32. The first-order valence-corrected chi connectivity index (χ1v) is 7.25. The second-order valence-electron chi connectivity index (χ2n) is 6.12. The van der Waals surface area contributed by atoms with Crippen molar-refractivity contribution < 1.29 is 24.9 Å². The third-order valence-electron chi connectivity index (χ3n) is 2.92. The second kappa shape index (κ2) is 8.12. The van der Waals surface area contributed by atoms with Crippen molar-refractivity contribution in [2.24, 2.45) is 0 Å². The van der Waals surface area contributed by atoms with Gasteiger partial charge in [-0.05, 0) is 38.3 Å². The van der Waals surface area contributed by atoms with E-state index in [1.165, 1.54) is 0 Å². The van der Waals surface area contributed by atoms with Crippen molar-refractivity contribution in [1.82, 2.24) is 5.32 Å². The Morgan fingerprint density at radius 1 is 1.32 bits per heavy atom. The first-order chi connectivity index (χ1) is 10.2. The number of rotatable bonds is 6. The standard InChI is InChI=1S/C16H25NO5/c1-16(2,3)22-15(21)17-10-11-5-4-6-12(9-11)14(20)13(19)7-8-18/h4-6,9,13-14,18-20H,7-8,10H2,1-3H3,(H,17,21). The molecule has 6 heteroatoms. The Hall–Kier alpha value is -1.63. The summed E-state index contributed by atoms with van der Waals surface area (Å²) >= 11 is 0. The largest absolute Gasteiger partial charge is 0.444 e. The zero-order valence-corrected chi connectivity index (χ0v) is 13.2. The van der Waals surface area contributed by atoms with E-state index in [9.17, 15) is 15.0 Å². The van der Waals surface area contributed by atoms with Gasteiger partial charge < -0.3 is 25.4 Å². The Balaban J connectivity index is 2.63. The zero-order chi connectivity index (χ0) is 16.8. The van der Waals surface area contributed by atoms with Crippen molar-refractivity contribution in [2.45, 2.75) is 51.5 Å². The molecule has 0 aliphatic rings. The van der Waals surface area contributed by atoms with Crippen molar-refractivity contribution in [3.63, 3.8) is 0 Å². The molecule has 2 unspecified atom stereocenters. The van der Waals surface area contributed by atoms with E-state index in [-0.39, 0.29) is 19.6 Å². The fourth-order valence-corrected chi connectivity index (χ4v) is 1.89. The van der Waals surface area contributed by atoms with Gasteiger partial charge in [0.15, 0.2) is 0 Å². The minimum Gasteiger partial charge on any atom is -0.444 e. The number of amides is 1. The van der Waals surface area contributed by atoms with Gasteiger partial charge in [0, 0.05) is 13.2 Å². The van der Waals surface area contributed by atoms with Gasteiger partial charge >= 0.3 is 6.09 Å². The molecule has 0 aromatic heterocycles. The fourth-order valence-electron chi connectivity index (χ4n) is 1.89. The normalized spacial score (nSPS) is 14.3. The molecule has 124 valence electrons. The van der Waals surface area contributed by atoms with E-state index in [0.29, 0.717) is 5.56 Å². The van der Waals surface area contributed by atoms with Gasteiger partial charge in [-0.25, -0.2) is 4.79 Å². The van der Waals surface area contributed by atoms with Crippen LogP contribution in [0.25, 0.3) is 0 Å². The van der Waals surface area contributed by atoms with Gasteiger partial charge in [0.05, 0.1) is 6.10 Å². The van der Waals surface area contributed by atoms with Crippen molar-refractivity contribution >= 4 is 6.09 Å². The van der Waals surface area contributed by atoms with Gasteiger partial charge in [0.2, 0.25) is 0 Å². The highest BCUT2D eigenvalue weighted by atomic mass is 16.6. The topological polar surface area (TPSA) is 99.0 Å². The van der Waals surface area contributed by atoms with Crippen LogP contribution in [0.5, 0.6) is 0 Å². The molecule has 4 N–H and O–H groups in total. The molecule has 1 amide bonds. The number of carbonyl (C=O) groups excluding carboxylic acids is 1. The summed E-state index contributed by atoms with van der Waals surface area (Å²) in [7, 11) is 0. The number of aliphatic hydroxyl groups is 3. The van der Waals surface area contributed by atoms with Crippen LogP contribution in [-0.4, -0.2) is 39.7 Å². The monoisotopic (exact) mass is 311 g/mol. The molecule has 22 heavy (non-hydrogen) atoms. The van der Waals surface area contributed by atoms with Crippen LogP contribution in [0.2, 0.25) is 0 Å². The lowest BCUT2D eigenvalue weighted by Gasteiger charge is -2.20. The number of aliphatic hydroxyl groups excluding tert-OH is 3. The molecule has 0 aliphatic carbocycles. The predicted octanol–water partition coefficient (Wildman–Crippen LogP) is 1.49. The van der Waals surface area contributed by atoms with Crippen LogP contribution in [0.15, 0.2) is 24.3 Å². The molecule has 0 saturated carbocycles. The quantitative estimate of drug-likeness (QED) is 0.638. The maximum absolute atomic E-state index is 11.6. The number of benzene rings is 1. The van der Waals surface area contributed by atoms with Crippen molar-refractivity contribution in [1.29, 1.82) is 0 Å². The van der Waals surface area contributed by atoms with Crippen LogP contribution >= 0.6 is 0 Å². The first-order valence-electron chi connectivity index (χ1n) is 7.25. The molecule has 0 spiro atoms. The summed E-state index contributed by atoms with van der Waals surface area (Å²) in [5.41, 5.74) is 0.749. The maximum Gasteiger partial charge on any atom is 0.407 e. The Morgan fingerprint density at radius 2 is 2.00 bits per heavy atom. The lowest BCUT2D eigenvalue weighted by molar-refractivity contribution is 0.00417. The van der Waals surface area contributed by atoms with Crippen LogP contribution < -0.4 is 5.32 Å². The van der Waals surface area contributed by atoms with Crippen LogP contribution in [0.1, 0.15) is 44.4 Å². The van der Waals surface area contributed by atoms with Crippen molar-refractivity contribution in [3.05, 3.63) is 35.4 Å². The van der Waals surface area contributed by atoms with Crippen LogP contribution in [0.3, 0.4) is 0 Å². The molecular formula is C16H25NO5. The Morgan fingerprint density at radius 3 is 2.59 bits per heavy atom. The van der Waals surface area contributed by atoms with Crippen molar-refractivity contribution in [3.8, 4) is 0 Å². The summed E-state index contributed by atoms with van der Waals surface area (Å²) in [6.45, 7) is 5.41. The fraction of sp³-hybridized carbons (Fsp3) is 0.562. The molecule has 6 nitrogen and oxygen atoms in total. The van der Waals surface area contributed by atoms with E-state index in [2.05, 4.69) is 5.32 Å². The third-order valence-corrected chi connectivity index (χ3v) is 2.92. The van der Waals surface area contributed by atoms with Gasteiger partial charge in [-0.15, -0.1) is 0 Å². The van der Waals surface area contributed by atoms with Gasteiger partial charge in [-0.2, -0.15) is 0 Å². The third kappa shape index (κ3) is 6.43. The molecule has 1 rings (SSSR count). The van der Waals surface area contributed by atoms with E-state index in [1.807, 2.05) is 0 Å². The number of hydrogen-bond acceptors (Lipinski definition) is 5. The summed E-state index contributed by atoms with van der Waals surface area (Å²) < 4.78 is 5.14. The van der Waals surface area contributed by atoms with Crippen LogP contribution in [-0.2, 0) is 11.3 Å². The highest BCUT2D eigenvalue weighted by Gasteiger charge is 2.18.